The highest BCUT2D eigenvalue weighted by Crippen LogP contribution is 2.28. The molecule has 1 N–H and O–H groups in total. The van der Waals surface area contributed by atoms with Crippen LogP contribution in [0.25, 0.3) is 0 Å². The van der Waals surface area contributed by atoms with E-state index in [1.165, 1.54) is 0 Å². The van der Waals surface area contributed by atoms with E-state index in [9.17, 15) is 4.79 Å². The van der Waals surface area contributed by atoms with Crippen LogP contribution in [0.1, 0.15) is 12.5 Å². The molecule has 0 aliphatic rings. The number of benzene rings is 2. The molecule has 0 radical (unpaired) electrons. The van der Waals surface area contributed by atoms with Gasteiger partial charge in [-0.15, -0.1) is 0 Å². The fourth-order valence-corrected chi connectivity index (χ4v) is 2.38. The second-order valence-electron chi connectivity index (χ2n) is 4.90. The minimum absolute atomic E-state index is 0.237. The Bertz CT molecular complexity index is 691. The first-order valence-corrected chi connectivity index (χ1v) is 7.77. The van der Waals surface area contributed by atoms with Crippen LogP contribution in [0.15, 0.2) is 42.5 Å². The SMILES string of the molecule is COc1cccc(CNC(=O)[C@H](C)Oc2ccc(Cl)cc2Cl)c1. The Labute approximate surface area is 145 Å². The predicted octanol–water partition coefficient (Wildman–Crippen LogP) is 4.09. The zero-order valence-electron chi connectivity index (χ0n) is 12.8. The van der Waals surface area contributed by atoms with Gasteiger partial charge in [0.25, 0.3) is 5.91 Å². The minimum atomic E-state index is -0.681. The number of halogens is 2. The zero-order valence-corrected chi connectivity index (χ0v) is 14.3. The van der Waals surface area contributed by atoms with E-state index in [4.69, 9.17) is 32.7 Å². The fraction of sp³-hybridized carbons (Fsp3) is 0.235. The highest BCUT2D eigenvalue weighted by atomic mass is 35.5. The highest BCUT2D eigenvalue weighted by molar-refractivity contribution is 6.35. The van der Waals surface area contributed by atoms with Gasteiger partial charge in [-0.1, -0.05) is 35.3 Å². The van der Waals surface area contributed by atoms with Gasteiger partial charge in [-0.05, 0) is 42.8 Å². The molecule has 23 heavy (non-hydrogen) atoms. The molecular weight excluding hydrogens is 337 g/mol. The molecule has 2 rings (SSSR count). The Hall–Kier alpha value is -1.91. The molecule has 0 unspecified atom stereocenters. The predicted molar refractivity (Wildman–Crippen MR) is 91.4 cm³/mol. The van der Waals surface area contributed by atoms with E-state index in [1.54, 1.807) is 32.2 Å². The van der Waals surface area contributed by atoms with Gasteiger partial charge in [0.05, 0.1) is 12.1 Å². The van der Waals surface area contributed by atoms with Crippen molar-refractivity contribution in [3.63, 3.8) is 0 Å². The Kier molecular flexibility index (Phi) is 6.13. The molecule has 1 atom stereocenters. The second kappa shape index (κ2) is 8.09. The van der Waals surface area contributed by atoms with Crippen molar-refractivity contribution in [1.82, 2.24) is 5.32 Å². The lowest BCUT2D eigenvalue weighted by atomic mass is 10.2. The van der Waals surface area contributed by atoms with Crippen molar-refractivity contribution in [2.24, 2.45) is 0 Å². The maximum absolute atomic E-state index is 12.1. The largest absolute Gasteiger partial charge is 0.497 e. The highest BCUT2D eigenvalue weighted by Gasteiger charge is 2.16. The summed E-state index contributed by atoms with van der Waals surface area (Å²) in [7, 11) is 1.60. The lowest BCUT2D eigenvalue weighted by Crippen LogP contribution is -2.35. The molecule has 0 saturated heterocycles. The average molecular weight is 354 g/mol. The number of ether oxygens (including phenoxy) is 2. The molecular formula is C17H17Cl2NO3. The van der Waals surface area contributed by atoms with E-state index in [1.807, 2.05) is 24.3 Å². The number of hydrogen-bond acceptors (Lipinski definition) is 3. The zero-order chi connectivity index (χ0) is 16.8. The number of hydrogen-bond donors (Lipinski definition) is 1. The number of methoxy groups -OCH3 is 1. The molecule has 1 amide bonds. The van der Waals surface area contributed by atoms with Crippen molar-refractivity contribution in [3.05, 3.63) is 58.1 Å². The summed E-state index contributed by atoms with van der Waals surface area (Å²) in [5.74, 6) is 0.924. The number of nitrogens with one attached hydrogen (secondary N) is 1. The summed E-state index contributed by atoms with van der Waals surface area (Å²) in [5, 5.41) is 3.69. The van der Waals surface area contributed by atoms with Gasteiger partial charge in [-0.3, -0.25) is 4.79 Å². The van der Waals surface area contributed by atoms with Gasteiger partial charge < -0.3 is 14.8 Å². The first-order valence-electron chi connectivity index (χ1n) is 7.02. The lowest BCUT2D eigenvalue weighted by molar-refractivity contribution is -0.127. The third-order valence-electron chi connectivity index (χ3n) is 3.17. The summed E-state index contributed by atoms with van der Waals surface area (Å²) in [4.78, 5) is 12.1. The van der Waals surface area contributed by atoms with Gasteiger partial charge >= 0.3 is 0 Å². The molecule has 0 saturated carbocycles. The average Bonchev–Trinajstić information content (AvgIpc) is 2.55. The number of amides is 1. The number of carbonyl (C=O) groups excluding carboxylic acids is 1. The topological polar surface area (TPSA) is 47.6 Å². The van der Waals surface area contributed by atoms with E-state index in [2.05, 4.69) is 5.32 Å². The third-order valence-corrected chi connectivity index (χ3v) is 3.70. The smallest absolute Gasteiger partial charge is 0.261 e. The molecule has 6 heteroatoms. The van der Waals surface area contributed by atoms with E-state index in [-0.39, 0.29) is 5.91 Å². The van der Waals surface area contributed by atoms with Crippen LogP contribution >= 0.6 is 23.2 Å². The van der Waals surface area contributed by atoms with Crippen molar-refractivity contribution < 1.29 is 14.3 Å². The molecule has 2 aromatic carbocycles. The first kappa shape index (κ1) is 17.4. The van der Waals surface area contributed by atoms with Gasteiger partial charge in [0, 0.05) is 11.6 Å². The Morgan fingerprint density at radius 2 is 2.00 bits per heavy atom. The van der Waals surface area contributed by atoms with Crippen LogP contribution in [-0.4, -0.2) is 19.1 Å². The van der Waals surface area contributed by atoms with E-state index >= 15 is 0 Å². The van der Waals surface area contributed by atoms with Crippen LogP contribution in [0.3, 0.4) is 0 Å². The van der Waals surface area contributed by atoms with Crippen molar-refractivity contribution >= 4 is 29.1 Å². The molecule has 0 aromatic heterocycles. The molecule has 0 aliphatic carbocycles. The Morgan fingerprint density at radius 3 is 2.70 bits per heavy atom. The summed E-state index contributed by atoms with van der Waals surface area (Å²) >= 11 is 11.9. The molecule has 0 aliphatic heterocycles. The molecule has 122 valence electrons. The molecule has 0 heterocycles. The standard InChI is InChI=1S/C17H17Cl2NO3/c1-11(23-16-7-6-13(18)9-15(16)19)17(21)20-10-12-4-3-5-14(8-12)22-2/h3-9,11H,10H2,1-2H3,(H,20,21)/t11-/m0/s1. The maximum Gasteiger partial charge on any atom is 0.261 e. The monoisotopic (exact) mass is 353 g/mol. The van der Waals surface area contributed by atoms with Crippen LogP contribution < -0.4 is 14.8 Å². The normalized spacial score (nSPS) is 11.7. The molecule has 4 nitrogen and oxygen atoms in total. The summed E-state index contributed by atoms with van der Waals surface area (Å²) in [6, 6.07) is 12.3. The minimum Gasteiger partial charge on any atom is -0.497 e. The van der Waals surface area contributed by atoms with E-state index in [0.717, 1.165) is 11.3 Å². The molecule has 0 spiro atoms. The first-order chi connectivity index (χ1) is 11.0. The lowest BCUT2D eigenvalue weighted by Gasteiger charge is -2.16. The van der Waals surface area contributed by atoms with Crippen LogP contribution in [0, 0.1) is 0 Å². The maximum atomic E-state index is 12.1. The fourth-order valence-electron chi connectivity index (χ4n) is 1.93. The van der Waals surface area contributed by atoms with Gasteiger partial charge in [-0.2, -0.15) is 0 Å². The Morgan fingerprint density at radius 1 is 1.22 bits per heavy atom. The number of rotatable bonds is 6. The summed E-state index contributed by atoms with van der Waals surface area (Å²) in [6.07, 6.45) is -0.681. The Balaban J connectivity index is 1.92. The van der Waals surface area contributed by atoms with Gasteiger partial charge in [0.2, 0.25) is 0 Å². The summed E-state index contributed by atoms with van der Waals surface area (Å²) < 4.78 is 10.7. The third kappa shape index (κ3) is 5.05. The molecule has 0 bridgehead atoms. The van der Waals surface area contributed by atoms with E-state index < -0.39 is 6.10 Å². The summed E-state index contributed by atoms with van der Waals surface area (Å²) in [5.41, 5.74) is 0.939. The van der Waals surface area contributed by atoms with Crippen LogP contribution in [0.5, 0.6) is 11.5 Å². The van der Waals surface area contributed by atoms with Crippen molar-refractivity contribution in [1.29, 1.82) is 0 Å². The number of carbonyl (C=O) groups is 1. The quantitative estimate of drug-likeness (QED) is 0.850. The second-order valence-corrected chi connectivity index (χ2v) is 5.75. The molecule has 2 aromatic rings. The van der Waals surface area contributed by atoms with Crippen molar-refractivity contribution in [3.8, 4) is 11.5 Å². The van der Waals surface area contributed by atoms with Gasteiger partial charge in [0.1, 0.15) is 11.5 Å². The molecule has 0 fully saturated rings. The van der Waals surface area contributed by atoms with Crippen LogP contribution in [0.4, 0.5) is 0 Å². The van der Waals surface area contributed by atoms with E-state index in [0.29, 0.717) is 22.3 Å². The van der Waals surface area contributed by atoms with Gasteiger partial charge in [-0.25, -0.2) is 0 Å². The van der Waals surface area contributed by atoms with Crippen molar-refractivity contribution in [2.45, 2.75) is 19.6 Å². The van der Waals surface area contributed by atoms with Crippen molar-refractivity contribution in [2.75, 3.05) is 7.11 Å². The summed E-state index contributed by atoms with van der Waals surface area (Å²) in [6.45, 7) is 2.05. The van der Waals surface area contributed by atoms with Gasteiger partial charge in [0.15, 0.2) is 6.10 Å². The van der Waals surface area contributed by atoms with Crippen LogP contribution in [-0.2, 0) is 11.3 Å². The van der Waals surface area contributed by atoms with Crippen LogP contribution in [0.2, 0.25) is 10.0 Å².